The summed E-state index contributed by atoms with van der Waals surface area (Å²) < 4.78 is 43.7. The maximum atomic E-state index is 13.5. The van der Waals surface area contributed by atoms with Gasteiger partial charge in [0.25, 0.3) is 5.91 Å². The summed E-state index contributed by atoms with van der Waals surface area (Å²) in [7, 11) is 0.428. The van der Waals surface area contributed by atoms with E-state index in [1.54, 1.807) is 31.4 Å². The van der Waals surface area contributed by atoms with Gasteiger partial charge in [0.05, 0.1) is 39.0 Å². The Morgan fingerprint density at radius 3 is 2.25 bits per heavy atom. The number of rotatable bonds is 12. The number of carbonyl (C=O) groups is 1. The maximum Gasteiger partial charge on any atom is 0.255 e. The number of hydrazone groups is 1. The number of ether oxygens (including phenoxy) is 3. The molecule has 0 aliphatic heterocycles. The van der Waals surface area contributed by atoms with Crippen LogP contribution in [0.15, 0.2) is 82.8 Å². The molecule has 0 atom stereocenters. The number of amides is 1. The molecule has 3 aromatic carbocycles. The predicted molar refractivity (Wildman–Crippen MR) is 137 cm³/mol. The van der Waals surface area contributed by atoms with E-state index in [4.69, 9.17) is 14.2 Å². The largest absolute Gasteiger partial charge is 0.497 e. The fraction of sp³-hybridized carbons (Fsp3) is 0.231. The van der Waals surface area contributed by atoms with Crippen LogP contribution in [-0.2, 0) is 21.2 Å². The summed E-state index contributed by atoms with van der Waals surface area (Å²) in [5.74, 6) is 0.801. The lowest BCUT2D eigenvalue weighted by Gasteiger charge is -2.22. The van der Waals surface area contributed by atoms with E-state index < -0.39 is 22.5 Å². The fourth-order valence-corrected chi connectivity index (χ4v) is 4.79. The highest BCUT2D eigenvalue weighted by atomic mass is 32.2. The summed E-state index contributed by atoms with van der Waals surface area (Å²) in [6.45, 7) is -0.320. The number of benzene rings is 3. The molecule has 0 aliphatic carbocycles. The van der Waals surface area contributed by atoms with Crippen molar-refractivity contribution < 1.29 is 27.4 Å². The topological polar surface area (TPSA) is 107 Å². The van der Waals surface area contributed by atoms with Crippen LogP contribution in [0.1, 0.15) is 11.1 Å². The van der Waals surface area contributed by atoms with Gasteiger partial charge in [-0.25, -0.2) is 13.8 Å². The third kappa shape index (κ3) is 7.06. The second-order valence-corrected chi connectivity index (χ2v) is 9.60. The van der Waals surface area contributed by atoms with Crippen molar-refractivity contribution in [3.05, 3.63) is 83.9 Å². The van der Waals surface area contributed by atoms with Crippen molar-refractivity contribution in [2.24, 2.45) is 5.10 Å². The SMILES string of the molecule is COc1ccc(/C=N\NC(=O)CN(CCc2ccccc2)S(=O)(=O)c2ccc(OC)c(OC)c2)cc1. The first kappa shape index (κ1) is 26.7. The Bertz CT molecular complexity index is 1280. The Balaban J connectivity index is 1.78. The summed E-state index contributed by atoms with van der Waals surface area (Å²) >= 11 is 0. The van der Waals surface area contributed by atoms with E-state index in [1.165, 1.54) is 38.6 Å². The molecule has 0 unspecified atom stereocenters. The molecule has 0 aromatic heterocycles. The number of hydrogen-bond donors (Lipinski definition) is 1. The Kier molecular flexibility index (Phi) is 9.43. The highest BCUT2D eigenvalue weighted by molar-refractivity contribution is 7.89. The molecule has 9 nitrogen and oxygen atoms in total. The van der Waals surface area contributed by atoms with Crippen LogP contribution in [0, 0.1) is 0 Å². The highest BCUT2D eigenvalue weighted by Crippen LogP contribution is 2.30. The predicted octanol–water partition coefficient (Wildman–Crippen LogP) is 3.10. The van der Waals surface area contributed by atoms with E-state index in [-0.39, 0.29) is 17.2 Å². The van der Waals surface area contributed by atoms with Crippen molar-refractivity contribution in [2.45, 2.75) is 11.3 Å². The summed E-state index contributed by atoms with van der Waals surface area (Å²) in [6, 6.07) is 20.9. The van der Waals surface area contributed by atoms with Crippen molar-refractivity contribution in [1.82, 2.24) is 9.73 Å². The smallest absolute Gasteiger partial charge is 0.255 e. The normalized spacial score (nSPS) is 11.4. The molecular weight excluding hydrogens is 482 g/mol. The van der Waals surface area contributed by atoms with E-state index >= 15 is 0 Å². The highest BCUT2D eigenvalue weighted by Gasteiger charge is 2.27. The lowest BCUT2D eigenvalue weighted by Crippen LogP contribution is -2.40. The van der Waals surface area contributed by atoms with Gasteiger partial charge >= 0.3 is 0 Å². The number of carbonyl (C=O) groups excluding carboxylic acids is 1. The van der Waals surface area contributed by atoms with Crippen molar-refractivity contribution in [3.8, 4) is 17.2 Å². The Hall–Kier alpha value is -3.89. The number of nitrogens with zero attached hydrogens (tertiary/aromatic N) is 2. The monoisotopic (exact) mass is 511 g/mol. The van der Waals surface area contributed by atoms with Crippen LogP contribution < -0.4 is 19.6 Å². The van der Waals surface area contributed by atoms with E-state index in [9.17, 15) is 13.2 Å². The lowest BCUT2D eigenvalue weighted by molar-refractivity contribution is -0.121. The van der Waals surface area contributed by atoms with Crippen molar-refractivity contribution in [3.63, 3.8) is 0 Å². The molecule has 0 fully saturated rings. The fourth-order valence-electron chi connectivity index (χ4n) is 3.37. The quantitative estimate of drug-likeness (QED) is 0.296. The molecule has 0 aliphatic rings. The van der Waals surface area contributed by atoms with Gasteiger partial charge in [-0.2, -0.15) is 9.41 Å². The molecule has 3 aromatic rings. The molecule has 0 spiro atoms. The molecule has 0 radical (unpaired) electrons. The van der Waals surface area contributed by atoms with E-state index in [2.05, 4.69) is 10.5 Å². The van der Waals surface area contributed by atoms with E-state index in [1.807, 2.05) is 30.3 Å². The lowest BCUT2D eigenvalue weighted by atomic mass is 10.1. The van der Waals surface area contributed by atoms with Gasteiger partial charge in [-0.05, 0) is 53.9 Å². The first-order chi connectivity index (χ1) is 17.4. The van der Waals surface area contributed by atoms with Crippen molar-refractivity contribution >= 4 is 22.1 Å². The van der Waals surface area contributed by atoms with Crippen LogP contribution in [0.3, 0.4) is 0 Å². The summed E-state index contributed by atoms with van der Waals surface area (Å²) in [6.07, 6.45) is 1.89. The van der Waals surface area contributed by atoms with Crippen molar-refractivity contribution in [2.75, 3.05) is 34.4 Å². The molecule has 1 N–H and O–H groups in total. The Morgan fingerprint density at radius 2 is 1.61 bits per heavy atom. The molecule has 36 heavy (non-hydrogen) atoms. The first-order valence-electron chi connectivity index (χ1n) is 11.1. The molecular formula is C26H29N3O6S. The van der Waals surface area contributed by atoms with Crippen molar-refractivity contribution in [1.29, 1.82) is 0 Å². The van der Waals surface area contributed by atoms with Gasteiger partial charge in [-0.3, -0.25) is 4.79 Å². The molecule has 10 heteroatoms. The number of hydrogen-bond acceptors (Lipinski definition) is 7. The van der Waals surface area contributed by atoms with Gasteiger partial charge < -0.3 is 14.2 Å². The summed E-state index contributed by atoms with van der Waals surface area (Å²) in [4.78, 5) is 12.6. The molecule has 0 heterocycles. The number of sulfonamides is 1. The van der Waals surface area contributed by atoms with Gasteiger partial charge in [0.1, 0.15) is 5.75 Å². The minimum atomic E-state index is -4.04. The van der Waals surface area contributed by atoms with Gasteiger partial charge in [0.2, 0.25) is 10.0 Å². The zero-order chi connectivity index (χ0) is 26.0. The van der Waals surface area contributed by atoms with Crippen LogP contribution in [0.4, 0.5) is 0 Å². The minimum Gasteiger partial charge on any atom is -0.497 e. The summed E-state index contributed by atoms with van der Waals surface area (Å²) in [5.41, 5.74) is 4.09. The molecule has 0 saturated carbocycles. The second-order valence-electron chi connectivity index (χ2n) is 7.66. The molecule has 3 rings (SSSR count). The average Bonchev–Trinajstić information content (AvgIpc) is 2.91. The van der Waals surface area contributed by atoms with Crippen LogP contribution in [0.5, 0.6) is 17.2 Å². The van der Waals surface area contributed by atoms with Crippen LogP contribution >= 0.6 is 0 Å². The van der Waals surface area contributed by atoms with Gasteiger partial charge in [-0.15, -0.1) is 0 Å². The molecule has 0 saturated heterocycles. The van der Waals surface area contributed by atoms with E-state index in [0.29, 0.717) is 17.9 Å². The number of nitrogens with one attached hydrogen (secondary N) is 1. The minimum absolute atomic E-state index is 0.0113. The van der Waals surface area contributed by atoms with Gasteiger partial charge in [0, 0.05) is 12.6 Å². The zero-order valence-corrected chi connectivity index (χ0v) is 21.2. The number of methoxy groups -OCH3 is 3. The van der Waals surface area contributed by atoms with Gasteiger partial charge in [-0.1, -0.05) is 30.3 Å². The second kappa shape index (κ2) is 12.7. The maximum absolute atomic E-state index is 13.5. The molecule has 190 valence electrons. The van der Waals surface area contributed by atoms with Crippen LogP contribution in [0.25, 0.3) is 0 Å². The zero-order valence-electron chi connectivity index (χ0n) is 20.4. The van der Waals surface area contributed by atoms with Crippen LogP contribution in [-0.4, -0.2) is 59.3 Å². The molecule has 1 amide bonds. The Morgan fingerprint density at radius 1 is 0.917 bits per heavy atom. The Labute approximate surface area is 211 Å². The van der Waals surface area contributed by atoms with Crippen LogP contribution in [0.2, 0.25) is 0 Å². The van der Waals surface area contributed by atoms with Gasteiger partial charge in [0.15, 0.2) is 11.5 Å². The third-order valence-corrected chi connectivity index (χ3v) is 7.17. The standard InChI is InChI=1S/C26H29N3O6S/c1-33-22-11-9-21(10-12-22)18-27-28-26(30)19-29(16-15-20-7-5-4-6-8-20)36(31,32)23-13-14-24(34-2)25(17-23)35-3/h4-14,17-18H,15-16,19H2,1-3H3,(H,28,30)/b27-18-. The van der Waals surface area contributed by atoms with E-state index in [0.717, 1.165) is 15.4 Å². The molecule has 0 bridgehead atoms. The first-order valence-corrected chi connectivity index (χ1v) is 12.5. The third-order valence-electron chi connectivity index (χ3n) is 5.32. The average molecular weight is 512 g/mol. The summed E-state index contributed by atoms with van der Waals surface area (Å²) in [5, 5.41) is 3.95.